The highest BCUT2D eigenvalue weighted by molar-refractivity contribution is 6.20. The van der Waals surface area contributed by atoms with Crippen LogP contribution in [0.1, 0.15) is 21.7 Å². The lowest BCUT2D eigenvalue weighted by Crippen LogP contribution is -2.10. The predicted molar refractivity (Wildman–Crippen MR) is 58.1 cm³/mol. The van der Waals surface area contributed by atoms with E-state index >= 15 is 0 Å². The third-order valence-electron chi connectivity index (χ3n) is 2.86. The SMILES string of the molecule is O=C1c2ccccc2-c2ccc(C(F)(F)F)nc21. The average Bonchev–Trinajstić information content (AvgIpc) is 2.63. The van der Waals surface area contributed by atoms with Crippen molar-refractivity contribution in [1.29, 1.82) is 0 Å². The monoisotopic (exact) mass is 249 g/mol. The summed E-state index contributed by atoms with van der Waals surface area (Å²) in [5, 5.41) is 0. The van der Waals surface area contributed by atoms with Crippen molar-refractivity contribution in [3.05, 3.63) is 53.3 Å². The lowest BCUT2D eigenvalue weighted by atomic mass is 10.1. The first kappa shape index (κ1) is 11.0. The number of alkyl halides is 3. The Morgan fingerprint density at radius 1 is 0.889 bits per heavy atom. The maximum Gasteiger partial charge on any atom is 0.433 e. The molecule has 0 radical (unpaired) electrons. The van der Waals surface area contributed by atoms with E-state index in [4.69, 9.17) is 0 Å². The van der Waals surface area contributed by atoms with E-state index in [-0.39, 0.29) is 5.69 Å². The Hall–Kier alpha value is -2.17. The minimum atomic E-state index is -4.54. The van der Waals surface area contributed by atoms with Gasteiger partial charge in [-0.25, -0.2) is 4.98 Å². The van der Waals surface area contributed by atoms with Crippen molar-refractivity contribution in [2.75, 3.05) is 0 Å². The van der Waals surface area contributed by atoms with Crippen molar-refractivity contribution in [2.45, 2.75) is 6.18 Å². The molecule has 0 aliphatic heterocycles. The van der Waals surface area contributed by atoms with Crippen molar-refractivity contribution >= 4 is 5.78 Å². The number of benzene rings is 1. The first-order valence-corrected chi connectivity index (χ1v) is 5.21. The van der Waals surface area contributed by atoms with E-state index in [1.807, 2.05) is 0 Å². The molecule has 0 unspecified atom stereocenters. The molecular formula is C13H6F3NO. The van der Waals surface area contributed by atoms with Gasteiger partial charge >= 0.3 is 6.18 Å². The molecule has 2 aromatic rings. The quantitative estimate of drug-likeness (QED) is 0.611. The summed E-state index contributed by atoms with van der Waals surface area (Å²) in [6, 6.07) is 8.90. The second kappa shape index (κ2) is 3.41. The van der Waals surface area contributed by atoms with Crippen molar-refractivity contribution in [3.63, 3.8) is 0 Å². The summed E-state index contributed by atoms with van der Waals surface area (Å²) in [7, 11) is 0. The van der Waals surface area contributed by atoms with Gasteiger partial charge in [0.15, 0.2) is 0 Å². The first-order valence-electron chi connectivity index (χ1n) is 5.21. The number of carbonyl (C=O) groups excluding carboxylic acids is 1. The van der Waals surface area contributed by atoms with Crippen LogP contribution in [-0.2, 0) is 6.18 Å². The minimum Gasteiger partial charge on any atom is -0.287 e. The molecule has 3 rings (SSSR count). The van der Waals surface area contributed by atoms with Gasteiger partial charge in [0.25, 0.3) is 0 Å². The number of hydrogen-bond acceptors (Lipinski definition) is 2. The first-order chi connectivity index (χ1) is 8.48. The number of pyridine rings is 1. The number of halogens is 3. The zero-order valence-electron chi connectivity index (χ0n) is 8.95. The smallest absolute Gasteiger partial charge is 0.287 e. The van der Waals surface area contributed by atoms with Crippen LogP contribution >= 0.6 is 0 Å². The number of aromatic nitrogens is 1. The van der Waals surface area contributed by atoms with Crippen LogP contribution < -0.4 is 0 Å². The molecule has 0 spiro atoms. The topological polar surface area (TPSA) is 30.0 Å². The molecule has 0 saturated heterocycles. The van der Waals surface area contributed by atoms with Crippen molar-refractivity contribution < 1.29 is 18.0 Å². The van der Waals surface area contributed by atoms with E-state index in [0.717, 1.165) is 6.07 Å². The number of carbonyl (C=O) groups is 1. The Morgan fingerprint density at radius 3 is 2.22 bits per heavy atom. The summed E-state index contributed by atoms with van der Waals surface area (Å²) in [4.78, 5) is 15.4. The Balaban J connectivity index is 2.23. The van der Waals surface area contributed by atoms with E-state index < -0.39 is 17.7 Å². The second-order valence-corrected chi connectivity index (χ2v) is 3.97. The molecule has 0 amide bonds. The number of ketones is 1. The lowest BCUT2D eigenvalue weighted by molar-refractivity contribution is -0.141. The fourth-order valence-corrected chi connectivity index (χ4v) is 2.05. The number of nitrogens with zero attached hydrogens (tertiary/aromatic N) is 1. The van der Waals surface area contributed by atoms with Gasteiger partial charge in [0.05, 0.1) is 0 Å². The van der Waals surface area contributed by atoms with Gasteiger partial charge in [-0.05, 0) is 17.7 Å². The Kier molecular flexibility index (Phi) is 2.08. The molecule has 1 aliphatic rings. The van der Waals surface area contributed by atoms with Crippen LogP contribution in [0.3, 0.4) is 0 Å². The third kappa shape index (κ3) is 1.44. The molecule has 0 N–H and O–H groups in total. The van der Waals surface area contributed by atoms with Gasteiger partial charge in [-0.3, -0.25) is 4.79 Å². The van der Waals surface area contributed by atoms with Crippen molar-refractivity contribution in [2.24, 2.45) is 0 Å². The van der Waals surface area contributed by atoms with E-state index in [0.29, 0.717) is 16.7 Å². The molecule has 0 atom stereocenters. The van der Waals surface area contributed by atoms with Crippen LogP contribution in [0.5, 0.6) is 0 Å². The van der Waals surface area contributed by atoms with Crippen LogP contribution in [0.25, 0.3) is 11.1 Å². The van der Waals surface area contributed by atoms with Crippen LogP contribution in [0.15, 0.2) is 36.4 Å². The normalized spacial score (nSPS) is 13.4. The molecule has 1 heterocycles. The van der Waals surface area contributed by atoms with E-state index in [1.54, 1.807) is 24.3 Å². The Labute approximate surface area is 100 Å². The molecule has 2 nitrogen and oxygen atoms in total. The fourth-order valence-electron chi connectivity index (χ4n) is 2.05. The van der Waals surface area contributed by atoms with Crippen LogP contribution in [0.4, 0.5) is 13.2 Å². The fraction of sp³-hybridized carbons (Fsp3) is 0.0769. The summed E-state index contributed by atoms with van der Waals surface area (Å²) in [5.41, 5.74) is 0.343. The summed E-state index contributed by atoms with van der Waals surface area (Å²) >= 11 is 0. The van der Waals surface area contributed by atoms with Gasteiger partial charge < -0.3 is 0 Å². The lowest BCUT2D eigenvalue weighted by Gasteiger charge is -2.06. The average molecular weight is 249 g/mol. The molecule has 90 valence electrons. The molecule has 1 aromatic carbocycles. The summed E-state index contributed by atoms with van der Waals surface area (Å²) in [6.07, 6.45) is -4.54. The molecular weight excluding hydrogens is 243 g/mol. The molecule has 1 aliphatic carbocycles. The third-order valence-corrected chi connectivity index (χ3v) is 2.86. The van der Waals surface area contributed by atoms with Crippen LogP contribution in [0.2, 0.25) is 0 Å². The summed E-state index contributed by atoms with van der Waals surface area (Å²) in [6.45, 7) is 0. The summed E-state index contributed by atoms with van der Waals surface area (Å²) in [5.74, 6) is -0.452. The van der Waals surface area contributed by atoms with Crippen LogP contribution in [-0.4, -0.2) is 10.8 Å². The number of rotatable bonds is 0. The van der Waals surface area contributed by atoms with Gasteiger partial charge in [0.1, 0.15) is 11.4 Å². The highest BCUT2D eigenvalue weighted by atomic mass is 19.4. The highest BCUT2D eigenvalue weighted by Gasteiger charge is 2.36. The Bertz CT molecular complexity index is 662. The largest absolute Gasteiger partial charge is 0.433 e. The van der Waals surface area contributed by atoms with Gasteiger partial charge in [-0.1, -0.05) is 24.3 Å². The van der Waals surface area contributed by atoms with E-state index in [9.17, 15) is 18.0 Å². The van der Waals surface area contributed by atoms with E-state index in [2.05, 4.69) is 4.98 Å². The molecule has 5 heteroatoms. The highest BCUT2D eigenvalue weighted by Crippen LogP contribution is 2.37. The molecule has 0 bridgehead atoms. The van der Waals surface area contributed by atoms with Gasteiger partial charge in [0.2, 0.25) is 5.78 Å². The molecule has 1 aromatic heterocycles. The summed E-state index contributed by atoms with van der Waals surface area (Å²) < 4.78 is 37.6. The standard InChI is InChI=1S/C13H6F3NO/c14-13(15,16)10-6-5-8-7-3-1-2-4-9(7)12(18)11(8)17-10/h1-6H. The van der Waals surface area contributed by atoms with Crippen molar-refractivity contribution in [3.8, 4) is 11.1 Å². The maximum atomic E-state index is 12.5. The zero-order chi connectivity index (χ0) is 12.9. The Morgan fingerprint density at radius 2 is 1.56 bits per heavy atom. The minimum absolute atomic E-state index is 0.119. The second-order valence-electron chi connectivity index (χ2n) is 3.97. The van der Waals surface area contributed by atoms with Gasteiger partial charge in [-0.15, -0.1) is 0 Å². The predicted octanol–water partition coefficient (Wildman–Crippen LogP) is 3.31. The van der Waals surface area contributed by atoms with E-state index in [1.165, 1.54) is 6.07 Å². The maximum absolute atomic E-state index is 12.5. The molecule has 0 fully saturated rings. The van der Waals surface area contributed by atoms with Gasteiger partial charge in [0, 0.05) is 11.1 Å². The van der Waals surface area contributed by atoms with Gasteiger partial charge in [-0.2, -0.15) is 13.2 Å². The van der Waals surface area contributed by atoms with Crippen LogP contribution in [0, 0.1) is 0 Å². The molecule has 18 heavy (non-hydrogen) atoms. The number of fused-ring (bicyclic) bond motifs is 3. The zero-order valence-corrected chi connectivity index (χ0v) is 8.95. The van der Waals surface area contributed by atoms with Crippen molar-refractivity contribution in [1.82, 2.24) is 4.98 Å². The molecule has 0 saturated carbocycles. The number of hydrogen-bond donors (Lipinski definition) is 0.